The zero-order valence-electron chi connectivity index (χ0n) is 10.1. The van der Waals surface area contributed by atoms with Crippen LogP contribution in [0, 0.1) is 6.92 Å². The number of oxazole rings is 1. The minimum atomic E-state index is -1.18. The molecule has 2 rings (SSSR count). The average Bonchev–Trinajstić information content (AvgIpc) is 2.82. The molecular weight excluding hydrogens is 250 g/mol. The molecule has 2 N–H and O–H groups in total. The second-order valence-electron chi connectivity index (χ2n) is 3.78. The van der Waals surface area contributed by atoms with Gasteiger partial charge in [-0.15, -0.1) is 0 Å². The van der Waals surface area contributed by atoms with E-state index in [2.05, 4.69) is 15.3 Å². The highest BCUT2D eigenvalue weighted by Gasteiger charge is 2.11. The Morgan fingerprint density at radius 2 is 2.21 bits per heavy atom. The number of carboxylic acids is 1. The van der Waals surface area contributed by atoms with E-state index in [1.807, 2.05) is 0 Å². The molecule has 0 unspecified atom stereocenters. The molecule has 0 bridgehead atoms. The zero-order chi connectivity index (χ0) is 13.8. The molecule has 2 aromatic rings. The van der Waals surface area contributed by atoms with E-state index in [0.29, 0.717) is 11.7 Å². The van der Waals surface area contributed by atoms with Crippen LogP contribution in [0.4, 0.5) is 0 Å². The Morgan fingerprint density at radius 3 is 2.84 bits per heavy atom. The van der Waals surface area contributed by atoms with Crippen LogP contribution in [0.1, 0.15) is 32.5 Å². The maximum atomic E-state index is 11.8. The Balaban J connectivity index is 2.03. The Morgan fingerprint density at radius 1 is 1.42 bits per heavy atom. The summed E-state index contributed by atoms with van der Waals surface area (Å²) in [6.45, 7) is 1.89. The highest BCUT2D eigenvalue weighted by molar-refractivity contribution is 5.96. The van der Waals surface area contributed by atoms with Crippen LogP contribution in [0.15, 0.2) is 28.9 Å². The first kappa shape index (κ1) is 12.7. The second kappa shape index (κ2) is 5.30. The minimum absolute atomic E-state index is 0.136. The fourth-order valence-electron chi connectivity index (χ4n) is 1.43. The van der Waals surface area contributed by atoms with Gasteiger partial charge in [0.15, 0.2) is 0 Å². The van der Waals surface area contributed by atoms with Crippen molar-refractivity contribution >= 4 is 11.9 Å². The van der Waals surface area contributed by atoms with E-state index >= 15 is 0 Å². The van der Waals surface area contributed by atoms with Crippen molar-refractivity contribution in [3.63, 3.8) is 0 Å². The molecule has 0 saturated heterocycles. The van der Waals surface area contributed by atoms with E-state index in [1.54, 1.807) is 13.1 Å². The minimum Gasteiger partial charge on any atom is -0.477 e. The van der Waals surface area contributed by atoms with Crippen LogP contribution in [0.2, 0.25) is 0 Å². The molecule has 0 spiro atoms. The van der Waals surface area contributed by atoms with Gasteiger partial charge in [0.2, 0.25) is 5.89 Å². The summed E-state index contributed by atoms with van der Waals surface area (Å²) in [5, 5.41) is 11.4. The van der Waals surface area contributed by atoms with Gasteiger partial charge in [-0.1, -0.05) is 0 Å². The molecule has 0 aromatic carbocycles. The van der Waals surface area contributed by atoms with Gasteiger partial charge in [0.05, 0.1) is 12.7 Å². The highest BCUT2D eigenvalue weighted by Crippen LogP contribution is 2.04. The van der Waals surface area contributed by atoms with Crippen molar-refractivity contribution in [2.75, 3.05) is 0 Å². The number of nitrogens with zero attached hydrogens (tertiary/aromatic N) is 2. The largest absolute Gasteiger partial charge is 0.477 e. The third-order valence-electron chi connectivity index (χ3n) is 2.31. The van der Waals surface area contributed by atoms with Crippen LogP contribution in [-0.2, 0) is 6.54 Å². The number of carboxylic acid groups (broad SMARTS) is 1. The lowest BCUT2D eigenvalue weighted by atomic mass is 10.2. The number of amides is 1. The van der Waals surface area contributed by atoms with E-state index in [-0.39, 0.29) is 17.8 Å². The Hall–Kier alpha value is -2.70. The Labute approximate surface area is 108 Å². The van der Waals surface area contributed by atoms with Gasteiger partial charge in [-0.2, -0.15) is 0 Å². The molecule has 98 valence electrons. The maximum Gasteiger partial charge on any atom is 0.354 e. The average molecular weight is 261 g/mol. The summed E-state index contributed by atoms with van der Waals surface area (Å²) in [6, 6.07) is 2.64. The number of pyridine rings is 1. The Bertz CT molecular complexity index is 621. The van der Waals surface area contributed by atoms with Gasteiger partial charge < -0.3 is 14.8 Å². The summed E-state index contributed by atoms with van der Waals surface area (Å²) in [5.74, 6) is -0.557. The van der Waals surface area contributed by atoms with Crippen molar-refractivity contribution in [1.29, 1.82) is 0 Å². The molecule has 7 nitrogen and oxygen atoms in total. The predicted molar refractivity (Wildman–Crippen MR) is 63.6 cm³/mol. The number of hydrogen-bond donors (Lipinski definition) is 2. The number of aromatic nitrogens is 2. The normalized spacial score (nSPS) is 10.2. The summed E-state index contributed by atoms with van der Waals surface area (Å²) in [6.07, 6.45) is 2.82. The highest BCUT2D eigenvalue weighted by atomic mass is 16.4. The number of aromatic carboxylic acids is 1. The lowest BCUT2D eigenvalue weighted by Gasteiger charge is -2.03. The van der Waals surface area contributed by atoms with E-state index < -0.39 is 11.9 Å². The van der Waals surface area contributed by atoms with Crippen molar-refractivity contribution < 1.29 is 19.1 Å². The van der Waals surface area contributed by atoms with Crippen LogP contribution < -0.4 is 5.32 Å². The van der Waals surface area contributed by atoms with Gasteiger partial charge in [-0.25, -0.2) is 14.8 Å². The third kappa shape index (κ3) is 3.15. The quantitative estimate of drug-likeness (QED) is 0.850. The molecule has 2 aromatic heterocycles. The first-order valence-corrected chi connectivity index (χ1v) is 5.45. The number of hydrogen-bond acceptors (Lipinski definition) is 5. The summed E-state index contributed by atoms with van der Waals surface area (Å²) in [7, 11) is 0. The number of aryl methyl sites for hydroxylation is 1. The molecule has 0 aliphatic rings. The van der Waals surface area contributed by atoms with Gasteiger partial charge in [-0.3, -0.25) is 4.79 Å². The summed E-state index contributed by atoms with van der Waals surface area (Å²) in [5.41, 5.74) is 0.0373. The lowest BCUT2D eigenvalue weighted by Crippen LogP contribution is -2.23. The van der Waals surface area contributed by atoms with Crippen LogP contribution >= 0.6 is 0 Å². The molecule has 1 amide bonds. The fraction of sp³-hybridized carbons (Fsp3) is 0.167. The van der Waals surface area contributed by atoms with Gasteiger partial charge in [0.25, 0.3) is 5.91 Å². The Kier molecular flexibility index (Phi) is 3.56. The zero-order valence-corrected chi connectivity index (χ0v) is 10.1. The summed E-state index contributed by atoms with van der Waals surface area (Å²) in [4.78, 5) is 30.1. The standard InChI is InChI=1S/C12H11N3O4/c1-7-5-14-10(19-7)6-15-11(16)8-2-3-13-9(4-8)12(17)18/h2-5H,6H2,1H3,(H,15,16)(H,17,18). The van der Waals surface area contributed by atoms with Crippen molar-refractivity contribution in [2.45, 2.75) is 13.5 Å². The number of rotatable bonds is 4. The predicted octanol–water partition coefficient (Wildman–Crippen LogP) is 1.01. The molecule has 0 saturated carbocycles. The molecule has 0 aliphatic heterocycles. The topological polar surface area (TPSA) is 105 Å². The van der Waals surface area contributed by atoms with Crippen LogP contribution in [0.3, 0.4) is 0 Å². The van der Waals surface area contributed by atoms with E-state index in [4.69, 9.17) is 9.52 Å². The molecule has 2 heterocycles. The summed E-state index contributed by atoms with van der Waals surface area (Å²) >= 11 is 0. The molecular formula is C12H11N3O4. The van der Waals surface area contributed by atoms with E-state index in [1.165, 1.54) is 18.3 Å². The first-order chi connectivity index (χ1) is 9.06. The SMILES string of the molecule is Cc1cnc(CNC(=O)c2ccnc(C(=O)O)c2)o1. The molecule has 7 heteroatoms. The smallest absolute Gasteiger partial charge is 0.354 e. The lowest BCUT2D eigenvalue weighted by molar-refractivity contribution is 0.0690. The van der Waals surface area contributed by atoms with Crippen LogP contribution in [-0.4, -0.2) is 27.0 Å². The number of nitrogens with one attached hydrogen (secondary N) is 1. The van der Waals surface area contributed by atoms with Gasteiger partial charge in [0, 0.05) is 11.8 Å². The van der Waals surface area contributed by atoms with Gasteiger partial charge >= 0.3 is 5.97 Å². The third-order valence-corrected chi connectivity index (χ3v) is 2.31. The molecule has 0 aliphatic carbocycles. The van der Waals surface area contributed by atoms with E-state index in [0.717, 1.165) is 0 Å². The second-order valence-corrected chi connectivity index (χ2v) is 3.78. The summed E-state index contributed by atoms with van der Waals surface area (Å²) < 4.78 is 5.20. The maximum absolute atomic E-state index is 11.8. The van der Waals surface area contributed by atoms with Gasteiger partial charge in [-0.05, 0) is 19.1 Å². The fourth-order valence-corrected chi connectivity index (χ4v) is 1.43. The monoisotopic (exact) mass is 261 g/mol. The van der Waals surface area contributed by atoms with Crippen molar-refractivity contribution in [3.8, 4) is 0 Å². The van der Waals surface area contributed by atoms with E-state index in [9.17, 15) is 9.59 Å². The number of carbonyl (C=O) groups excluding carboxylic acids is 1. The molecule has 0 radical (unpaired) electrons. The van der Waals surface area contributed by atoms with Crippen LogP contribution in [0.5, 0.6) is 0 Å². The number of carbonyl (C=O) groups is 2. The van der Waals surface area contributed by atoms with Gasteiger partial charge in [0.1, 0.15) is 11.5 Å². The van der Waals surface area contributed by atoms with Crippen molar-refractivity contribution in [2.24, 2.45) is 0 Å². The van der Waals surface area contributed by atoms with Crippen molar-refractivity contribution in [1.82, 2.24) is 15.3 Å². The first-order valence-electron chi connectivity index (χ1n) is 5.45. The molecule has 0 fully saturated rings. The van der Waals surface area contributed by atoms with Crippen molar-refractivity contribution in [3.05, 3.63) is 47.4 Å². The van der Waals surface area contributed by atoms with Crippen LogP contribution in [0.25, 0.3) is 0 Å². The molecule has 19 heavy (non-hydrogen) atoms. The molecule has 0 atom stereocenters.